The average molecular weight is 416 g/mol. The molecular weight excluding hydrogens is 386 g/mol. The smallest absolute Gasteiger partial charge is 0.119 e. The molecule has 0 amide bonds. The van der Waals surface area contributed by atoms with Crippen LogP contribution in [0.4, 0.5) is 0 Å². The third kappa shape index (κ3) is 5.25. The second kappa shape index (κ2) is 10.0. The summed E-state index contributed by atoms with van der Waals surface area (Å²) >= 11 is 8.43. The molecule has 0 radical (unpaired) electrons. The Morgan fingerprint density at radius 1 is 0.929 bits per heavy atom. The highest BCUT2D eigenvalue weighted by atomic mass is 35.5. The number of hydrogen-bond acceptors (Lipinski definition) is 3. The van der Waals surface area contributed by atoms with Crippen LogP contribution in [0.2, 0.25) is 5.02 Å². The molecule has 2 aliphatic rings. The van der Waals surface area contributed by atoms with E-state index in [-0.39, 0.29) is 0 Å². The molecule has 4 rings (SSSR count). The molecule has 0 unspecified atom stereocenters. The molecule has 28 heavy (non-hydrogen) atoms. The van der Waals surface area contributed by atoms with Gasteiger partial charge in [-0.25, -0.2) is 0 Å². The number of hydrogen-bond donors (Lipinski definition) is 1. The fourth-order valence-electron chi connectivity index (χ4n) is 4.24. The number of halogens is 1. The van der Waals surface area contributed by atoms with Gasteiger partial charge in [0.1, 0.15) is 5.75 Å². The zero-order valence-corrected chi connectivity index (χ0v) is 18.1. The summed E-state index contributed by atoms with van der Waals surface area (Å²) in [6, 6.07) is 13.0. The van der Waals surface area contributed by atoms with E-state index in [2.05, 4.69) is 41.7 Å². The van der Waals surface area contributed by atoms with Crippen LogP contribution in [0.5, 0.6) is 5.75 Å². The average Bonchev–Trinajstić information content (AvgIpc) is 3.11. The van der Waals surface area contributed by atoms with Crippen LogP contribution in [-0.4, -0.2) is 19.2 Å². The van der Waals surface area contributed by atoms with Gasteiger partial charge in [0.25, 0.3) is 0 Å². The molecule has 0 aromatic heterocycles. The van der Waals surface area contributed by atoms with Crippen molar-refractivity contribution in [3.63, 3.8) is 0 Å². The molecule has 4 heteroatoms. The van der Waals surface area contributed by atoms with Crippen molar-refractivity contribution >= 4 is 23.4 Å². The van der Waals surface area contributed by atoms with Gasteiger partial charge in [0, 0.05) is 10.6 Å². The Morgan fingerprint density at radius 2 is 1.68 bits per heavy atom. The van der Waals surface area contributed by atoms with Crippen molar-refractivity contribution in [1.29, 1.82) is 0 Å². The molecule has 0 spiro atoms. The van der Waals surface area contributed by atoms with Crippen LogP contribution in [0.25, 0.3) is 0 Å². The largest absolute Gasteiger partial charge is 0.490 e. The summed E-state index contributed by atoms with van der Waals surface area (Å²) in [7, 11) is 0. The summed E-state index contributed by atoms with van der Waals surface area (Å²) in [6.45, 7) is 2.09. The maximum absolute atomic E-state index is 6.57. The van der Waals surface area contributed by atoms with E-state index in [9.17, 15) is 0 Å². The van der Waals surface area contributed by atoms with Crippen LogP contribution in [0.3, 0.4) is 0 Å². The number of nitrogens with one attached hydrogen (secondary N) is 1. The predicted octanol–water partition coefficient (Wildman–Crippen LogP) is 6.42. The number of benzene rings is 2. The van der Waals surface area contributed by atoms with Gasteiger partial charge in [-0.2, -0.15) is 0 Å². The zero-order chi connectivity index (χ0) is 19.2. The standard InChI is InChI=1S/C24H30ClNOS/c25-23-12-9-19-13-15-26-16-14-22(19)24(23)28-17-18-7-10-21(11-8-18)27-20-5-3-1-2-4-6-20/h7-12,20,26H,1-6,13-17H2. The monoisotopic (exact) mass is 415 g/mol. The highest BCUT2D eigenvalue weighted by Crippen LogP contribution is 2.36. The van der Waals surface area contributed by atoms with E-state index >= 15 is 0 Å². The summed E-state index contributed by atoms with van der Waals surface area (Å²) in [5.74, 6) is 1.95. The highest BCUT2D eigenvalue weighted by molar-refractivity contribution is 7.98. The van der Waals surface area contributed by atoms with Gasteiger partial charge in [-0.3, -0.25) is 0 Å². The van der Waals surface area contributed by atoms with E-state index in [1.165, 1.54) is 60.1 Å². The molecule has 2 aromatic rings. The van der Waals surface area contributed by atoms with E-state index in [4.69, 9.17) is 16.3 Å². The maximum atomic E-state index is 6.57. The molecule has 2 nitrogen and oxygen atoms in total. The van der Waals surface area contributed by atoms with Gasteiger partial charge in [0.15, 0.2) is 0 Å². The van der Waals surface area contributed by atoms with Gasteiger partial charge >= 0.3 is 0 Å². The van der Waals surface area contributed by atoms with Crippen LogP contribution in [0, 0.1) is 0 Å². The van der Waals surface area contributed by atoms with Gasteiger partial charge in [0.2, 0.25) is 0 Å². The minimum Gasteiger partial charge on any atom is -0.490 e. The Morgan fingerprint density at radius 3 is 2.46 bits per heavy atom. The summed E-state index contributed by atoms with van der Waals surface area (Å²) in [5.41, 5.74) is 4.21. The molecular formula is C24H30ClNOS. The van der Waals surface area contributed by atoms with Crippen molar-refractivity contribution in [3.8, 4) is 5.75 Å². The minimum atomic E-state index is 0.398. The fourth-order valence-corrected chi connectivity index (χ4v) is 5.70. The van der Waals surface area contributed by atoms with Crippen molar-refractivity contribution in [1.82, 2.24) is 5.32 Å². The molecule has 1 saturated carbocycles. The Labute approximate surface area is 178 Å². The van der Waals surface area contributed by atoms with Gasteiger partial charge in [-0.05, 0) is 86.5 Å². The van der Waals surface area contributed by atoms with Crippen LogP contribution >= 0.6 is 23.4 Å². The van der Waals surface area contributed by atoms with Gasteiger partial charge in [0.05, 0.1) is 11.1 Å². The third-order valence-corrected chi connectivity index (χ3v) is 7.50. The lowest BCUT2D eigenvalue weighted by atomic mass is 10.0. The van der Waals surface area contributed by atoms with E-state index in [1.54, 1.807) is 0 Å². The normalized spacial score (nSPS) is 18.2. The SMILES string of the molecule is Clc1ccc2c(c1SCc1ccc(OC3CCCCCC3)cc1)CCNCC2. The van der Waals surface area contributed by atoms with E-state index in [1.807, 2.05) is 11.8 Å². The number of thioether (sulfide) groups is 1. The van der Waals surface area contributed by atoms with Crippen LogP contribution < -0.4 is 10.1 Å². The molecule has 1 heterocycles. The molecule has 0 atom stereocenters. The molecule has 0 saturated heterocycles. The number of rotatable bonds is 5. The highest BCUT2D eigenvalue weighted by Gasteiger charge is 2.16. The first-order valence-electron chi connectivity index (χ1n) is 10.7. The van der Waals surface area contributed by atoms with Crippen molar-refractivity contribution < 1.29 is 4.74 Å². The first-order valence-corrected chi connectivity index (χ1v) is 12.1. The molecule has 1 aliphatic carbocycles. The molecule has 150 valence electrons. The first-order chi connectivity index (χ1) is 13.8. The third-order valence-electron chi connectivity index (χ3n) is 5.84. The summed E-state index contributed by atoms with van der Waals surface area (Å²) < 4.78 is 6.23. The zero-order valence-electron chi connectivity index (χ0n) is 16.5. The number of fused-ring (bicyclic) bond motifs is 1. The Bertz CT molecular complexity index is 769. The van der Waals surface area contributed by atoms with E-state index < -0.39 is 0 Å². The van der Waals surface area contributed by atoms with E-state index in [0.717, 1.165) is 42.5 Å². The second-order valence-electron chi connectivity index (χ2n) is 7.93. The van der Waals surface area contributed by atoms with Crippen molar-refractivity contribution in [2.24, 2.45) is 0 Å². The van der Waals surface area contributed by atoms with Gasteiger partial charge < -0.3 is 10.1 Å². The summed E-state index contributed by atoms with van der Waals surface area (Å²) in [6.07, 6.45) is 10.3. The van der Waals surface area contributed by atoms with E-state index in [0.29, 0.717) is 6.10 Å². The maximum Gasteiger partial charge on any atom is 0.119 e. The topological polar surface area (TPSA) is 21.3 Å². The Kier molecular flexibility index (Phi) is 7.22. The van der Waals surface area contributed by atoms with Crippen molar-refractivity contribution in [2.75, 3.05) is 13.1 Å². The molecule has 1 N–H and O–H groups in total. The lowest BCUT2D eigenvalue weighted by Crippen LogP contribution is -2.16. The molecule has 0 bridgehead atoms. The second-order valence-corrected chi connectivity index (χ2v) is 9.32. The molecule has 1 aliphatic heterocycles. The first kappa shape index (κ1) is 20.1. The minimum absolute atomic E-state index is 0.398. The van der Waals surface area contributed by atoms with Crippen molar-refractivity contribution in [2.45, 2.75) is 68.1 Å². The number of ether oxygens (including phenoxy) is 1. The van der Waals surface area contributed by atoms with Gasteiger partial charge in [-0.1, -0.05) is 42.6 Å². The summed E-state index contributed by atoms with van der Waals surface area (Å²) in [4.78, 5) is 1.27. The molecule has 2 aromatic carbocycles. The summed E-state index contributed by atoms with van der Waals surface area (Å²) in [5, 5.41) is 4.38. The van der Waals surface area contributed by atoms with Crippen molar-refractivity contribution in [3.05, 3.63) is 58.1 Å². The lowest BCUT2D eigenvalue weighted by molar-refractivity contribution is 0.183. The Balaban J connectivity index is 1.39. The quantitative estimate of drug-likeness (QED) is 0.449. The Hall–Kier alpha value is -1.16. The fraction of sp³-hybridized carbons (Fsp3) is 0.500. The lowest BCUT2D eigenvalue weighted by Gasteiger charge is -2.17. The van der Waals surface area contributed by atoms with Crippen LogP contribution in [0.1, 0.15) is 55.2 Å². The van der Waals surface area contributed by atoms with Crippen LogP contribution in [-0.2, 0) is 18.6 Å². The van der Waals surface area contributed by atoms with Crippen LogP contribution in [0.15, 0.2) is 41.3 Å². The predicted molar refractivity (Wildman–Crippen MR) is 120 cm³/mol. The van der Waals surface area contributed by atoms with Gasteiger partial charge in [-0.15, -0.1) is 11.8 Å². The molecule has 1 fully saturated rings.